The maximum Gasteiger partial charge on any atom is 0.283 e. The molecule has 1 unspecified atom stereocenters. The van der Waals surface area contributed by atoms with Crippen LogP contribution < -0.4 is 10.2 Å². The largest absolute Gasteiger partial charge is 0.350 e. The molecule has 1 atom stereocenters. The van der Waals surface area contributed by atoms with Gasteiger partial charge in [0.25, 0.3) is 17.7 Å². The number of hydrogen-bond donors (Lipinski definition) is 1. The van der Waals surface area contributed by atoms with Crippen molar-refractivity contribution in [1.82, 2.24) is 4.90 Å². The van der Waals surface area contributed by atoms with Crippen molar-refractivity contribution < 1.29 is 14.4 Å². The fraction of sp³-hybridized carbons (Fsp3) is 0.261. The number of rotatable bonds is 4. The molecule has 7 heteroatoms. The molecule has 1 saturated heterocycles. The second-order valence-corrected chi connectivity index (χ2v) is 8.05. The van der Waals surface area contributed by atoms with Crippen LogP contribution >= 0.6 is 11.6 Å². The number of carbonyl (C=O) groups excluding carboxylic acids is 3. The van der Waals surface area contributed by atoms with Gasteiger partial charge in [-0.1, -0.05) is 42.8 Å². The number of likely N-dealkylation sites (tertiary alicyclic amines) is 1. The Kier molecular flexibility index (Phi) is 5.59. The molecule has 4 rings (SSSR count). The molecule has 0 radical (unpaired) electrons. The number of anilines is 2. The van der Waals surface area contributed by atoms with Crippen LogP contribution in [-0.2, 0) is 9.59 Å². The minimum absolute atomic E-state index is 0.00159. The van der Waals surface area contributed by atoms with Crippen LogP contribution in [0.25, 0.3) is 0 Å². The molecule has 0 bridgehead atoms. The molecule has 0 spiro atoms. The standard InChI is InChI=1S/C23H22ClN3O3/c1-15-7-6-12-26(14-15)21(28)16-8-5-9-17(13-16)25-20-19(24)22(29)27(23(20)30)18-10-3-2-4-11-18/h2-5,8-11,13,15,25H,6-7,12,14H2,1H3. The van der Waals surface area contributed by atoms with Crippen molar-refractivity contribution in [2.45, 2.75) is 19.8 Å². The highest BCUT2D eigenvalue weighted by Crippen LogP contribution is 2.30. The van der Waals surface area contributed by atoms with Crippen LogP contribution in [0.2, 0.25) is 0 Å². The summed E-state index contributed by atoms with van der Waals surface area (Å²) in [6.07, 6.45) is 2.13. The first-order chi connectivity index (χ1) is 14.5. The first-order valence-electron chi connectivity index (χ1n) is 9.95. The van der Waals surface area contributed by atoms with Crippen LogP contribution in [0.3, 0.4) is 0 Å². The van der Waals surface area contributed by atoms with Crippen molar-refractivity contribution in [1.29, 1.82) is 0 Å². The Bertz CT molecular complexity index is 1030. The van der Waals surface area contributed by atoms with Gasteiger partial charge in [-0.05, 0) is 49.1 Å². The molecule has 3 amide bonds. The Labute approximate surface area is 180 Å². The van der Waals surface area contributed by atoms with Crippen molar-refractivity contribution in [2.75, 3.05) is 23.3 Å². The highest BCUT2D eigenvalue weighted by atomic mass is 35.5. The summed E-state index contributed by atoms with van der Waals surface area (Å²) in [5, 5.41) is 2.77. The van der Waals surface area contributed by atoms with Crippen molar-refractivity contribution in [3.05, 3.63) is 70.9 Å². The van der Waals surface area contributed by atoms with Crippen LogP contribution in [0.4, 0.5) is 11.4 Å². The number of carbonyl (C=O) groups is 3. The van der Waals surface area contributed by atoms with E-state index >= 15 is 0 Å². The smallest absolute Gasteiger partial charge is 0.283 e. The van der Waals surface area contributed by atoms with Crippen LogP contribution in [0, 0.1) is 5.92 Å². The number of halogens is 1. The predicted molar refractivity (Wildman–Crippen MR) is 116 cm³/mol. The number of nitrogens with zero attached hydrogens (tertiary/aromatic N) is 2. The third-order valence-corrected chi connectivity index (χ3v) is 5.72. The fourth-order valence-electron chi connectivity index (χ4n) is 3.85. The maximum absolute atomic E-state index is 12.9. The Morgan fingerprint density at radius 3 is 2.57 bits per heavy atom. The molecule has 0 aliphatic carbocycles. The van der Waals surface area contributed by atoms with Gasteiger partial charge in [-0.25, -0.2) is 4.90 Å². The van der Waals surface area contributed by atoms with E-state index < -0.39 is 11.8 Å². The van der Waals surface area contributed by atoms with E-state index in [1.165, 1.54) is 0 Å². The van der Waals surface area contributed by atoms with Gasteiger partial charge in [-0.15, -0.1) is 0 Å². The highest BCUT2D eigenvalue weighted by molar-refractivity contribution is 6.53. The van der Waals surface area contributed by atoms with E-state index in [4.69, 9.17) is 11.6 Å². The minimum atomic E-state index is -0.579. The summed E-state index contributed by atoms with van der Waals surface area (Å²) in [5.41, 5.74) is 1.50. The van der Waals surface area contributed by atoms with Crippen molar-refractivity contribution in [2.24, 2.45) is 5.92 Å². The van der Waals surface area contributed by atoms with Gasteiger partial charge in [-0.2, -0.15) is 0 Å². The molecule has 2 aromatic carbocycles. The molecule has 2 heterocycles. The molecule has 1 N–H and O–H groups in total. The van der Waals surface area contributed by atoms with Gasteiger partial charge in [0.15, 0.2) is 0 Å². The average molecular weight is 424 g/mol. The summed E-state index contributed by atoms with van der Waals surface area (Å²) < 4.78 is 0. The molecule has 6 nitrogen and oxygen atoms in total. The number of para-hydroxylation sites is 1. The zero-order valence-electron chi connectivity index (χ0n) is 16.6. The van der Waals surface area contributed by atoms with E-state index in [9.17, 15) is 14.4 Å². The summed E-state index contributed by atoms with van der Waals surface area (Å²) in [4.78, 5) is 41.2. The number of imide groups is 1. The van der Waals surface area contributed by atoms with Gasteiger partial charge in [0.2, 0.25) is 0 Å². The summed E-state index contributed by atoms with van der Waals surface area (Å²) in [6.45, 7) is 3.64. The quantitative estimate of drug-likeness (QED) is 0.755. The molecule has 0 saturated carbocycles. The van der Waals surface area contributed by atoms with Gasteiger partial charge >= 0.3 is 0 Å². The predicted octanol–water partition coefficient (Wildman–Crippen LogP) is 3.99. The lowest BCUT2D eigenvalue weighted by Crippen LogP contribution is -2.39. The van der Waals surface area contributed by atoms with Gasteiger partial charge < -0.3 is 10.2 Å². The van der Waals surface area contributed by atoms with Crippen LogP contribution in [0.1, 0.15) is 30.1 Å². The van der Waals surface area contributed by atoms with Crippen LogP contribution in [0.5, 0.6) is 0 Å². The van der Waals surface area contributed by atoms with Crippen molar-refractivity contribution >= 4 is 40.7 Å². The summed E-state index contributed by atoms with van der Waals surface area (Å²) in [6, 6.07) is 15.5. The normalized spacial score (nSPS) is 19.5. The lowest BCUT2D eigenvalue weighted by Gasteiger charge is -2.31. The second kappa shape index (κ2) is 8.32. The average Bonchev–Trinajstić information content (AvgIpc) is 2.97. The topological polar surface area (TPSA) is 69.7 Å². The van der Waals surface area contributed by atoms with Gasteiger partial charge in [-0.3, -0.25) is 14.4 Å². The molecule has 0 aromatic heterocycles. The zero-order chi connectivity index (χ0) is 21.3. The number of benzene rings is 2. The Balaban J connectivity index is 1.54. The van der Waals surface area contributed by atoms with Crippen LogP contribution in [-0.4, -0.2) is 35.7 Å². The molecular formula is C23H22ClN3O3. The highest BCUT2D eigenvalue weighted by Gasteiger charge is 2.38. The lowest BCUT2D eigenvalue weighted by atomic mass is 9.99. The van der Waals surface area contributed by atoms with E-state index in [0.29, 0.717) is 22.9 Å². The van der Waals surface area contributed by atoms with Gasteiger partial charge in [0.1, 0.15) is 10.7 Å². The Morgan fingerprint density at radius 2 is 1.83 bits per heavy atom. The number of nitrogens with one attached hydrogen (secondary N) is 1. The van der Waals surface area contributed by atoms with E-state index in [0.717, 1.165) is 30.8 Å². The van der Waals surface area contributed by atoms with E-state index in [2.05, 4.69) is 12.2 Å². The first-order valence-corrected chi connectivity index (χ1v) is 10.3. The van der Waals surface area contributed by atoms with E-state index in [1.807, 2.05) is 4.90 Å². The molecule has 2 aliphatic heterocycles. The molecule has 30 heavy (non-hydrogen) atoms. The monoisotopic (exact) mass is 423 g/mol. The second-order valence-electron chi connectivity index (χ2n) is 7.67. The van der Waals surface area contributed by atoms with Gasteiger partial charge in [0.05, 0.1) is 5.69 Å². The summed E-state index contributed by atoms with van der Waals surface area (Å²) in [7, 11) is 0. The van der Waals surface area contributed by atoms with E-state index in [1.54, 1.807) is 54.6 Å². The molecule has 154 valence electrons. The number of hydrogen-bond acceptors (Lipinski definition) is 4. The van der Waals surface area contributed by atoms with Crippen molar-refractivity contribution in [3.63, 3.8) is 0 Å². The molecule has 1 fully saturated rings. The molecule has 2 aromatic rings. The third-order valence-electron chi connectivity index (χ3n) is 5.36. The SMILES string of the molecule is CC1CCCN(C(=O)c2cccc(NC3=C(Cl)C(=O)N(c4ccccc4)C3=O)c2)C1. The fourth-order valence-corrected chi connectivity index (χ4v) is 4.07. The Hall–Kier alpha value is -3.12. The van der Waals surface area contributed by atoms with E-state index in [-0.39, 0.29) is 16.6 Å². The number of piperidine rings is 1. The zero-order valence-corrected chi connectivity index (χ0v) is 17.4. The number of amides is 3. The third kappa shape index (κ3) is 3.83. The summed E-state index contributed by atoms with van der Waals surface area (Å²) in [5.74, 6) is -0.660. The lowest BCUT2D eigenvalue weighted by molar-refractivity contribution is -0.120. The maximum atomic E-state index is 12.9. The molecular weight excluding hydrogens is 402 g/mol. The first kappa shape index (κ1) is 20.2. The van der Waals surface area contributed by atoms with Crippen LogP contribution in [0.15, 0.2) is 65.3 Å². The van der Waals surface area contributed by atoms with Gasteiger partial charge in [0, 0.05) is 24.3 Å². The van der Waals surface area contributed by atoms with Crippen molar-refractivity contribution in [3.8, 4) is 0 Å². The molecule has 2 aliphatic rings. The minimum Gasteiger partial charge on any atom is -0.350 e. The Morgan fingerprint density at radius 1 is 1.07 bits per heavy atom. The summed E-state index contributed by atoms with van der Waals surface area (Å²) >= 11 is 6.19.